The molecule has 0 N–H and O–H groups in total. The molecule has 2 unspecified atom stereocenters. The molecule has 0 aromatic heterocycles. The van der Waals surface area contributed by atoms with Gasteiger partial charge in [0.1, 0.15) is 11.8 Å². The molecule has 1 aliphatic heterocycles. The van der Waals surface area contributed by atoms with Crippen LogP contribution in [0.3, 0.4) is 0 Å². The van der Waals surface area contributed by atoms with E-state index >= 15 is 0 Å². The van der Waals surface area contributed by atoms with Crippen LogP contribution in [0.15, 0.2) is 54.6 Å². The summed E-state index contributed by atoms with van der Waals surface area (Å²) in [6.45, 7) is 2.27. The standard InChI is InChI=1S/C23H26ClNO4S/c1-2-3-13-28-23(27)20-16-30-22(14-17-7-5-4-6-8-17)25(20)21(26)15-29-19-11-9-18(24)10-12-19/h4-12,20,22H,2-3,13-16H2,1H3. The van der Waals surface area contributed by atoms with Gasteiger partial charge in [-0.3, -0.25) is 4.79 Å². The molecule has 0 saturated carbocycles. The summed E-state index contributed by atoms with van der Waals surface area (Å²) in [5.74, 6) is 0.510. The zero-order chi connectivity index (χ0) is 21.3. The Labute approximate surface area is 186 Å². The fourth-order valence-electron chi connectivity index (χ4n) is 3.22. The Morgan fingerprint density at radius 1 is 1.13 bits per heavy atom. The Bertz CT molecular complexity index is 831. The average Bonchev–Trinajstić information content (AvgIpc) is 3.17. The Hall–Kier alpha value is -2.18. The van der Waals surface area contributed by atoms with Crippen molar-refractivity contribution in [2.45, 2.75) is 37.6 Å². The predicted octanol–water partition coefficient (Wildman–Crippen LogP) is 4.57. The third kappa shape index (κ3) is 6.16. The number of hydrogen-bond acceptors (Lipinski definition) is 5. The Kier molecular flexibility index (Phi) is 8.46. The number of nitrogens with zero attached hydrogens (tertiary/aromatic N) is 1. The molecule has 1 aliphatic rings. The number of rotatable bonds is 9. The van der Waals surface area contributed by atoms with E-state index in [9.17, 15) is 9.59 Å². The highest BCUT2D eigenvalue weighted by Crippen LogP contribution is 2.32. The molecule has 2 aromatic carbocycles. The van der Waals surface area contributed by atoms with E-state index in [2.05, 4.69) is 0 Å². The van der Waals surface area contributed by atoms with Crippen LogP contribution in [0, 0.1) is 0 Å². The molecule has 0 spiro atoms. The lowest BCUT2D eigenvalue weighted by Crippen LogP contribution is -2.48. The first-order chi connectivity index (χ1) is 14.6. The second-order valence-corrected chi connectivity index (χ2v) is 8.71. The largest absolute Gasteiger partial charge is 0.484 e. The van der Waals surface area contributed by atoms with Crippen LogP contribution in [0.2, 0.25) is 5.02 Å². The van der Waals surface area contributed by atoms with E-state index in [4.69, 9.17) is 21.1 Å². The molecule has 1 heterocycles. The topological polar surface area (TPSA) is 55.8 Å². The summed E-state index contributed by atoms with van der Waals surface area (Å²) in [5, 5.41) is 0.458. The number of amides is 1. The van der Waals surface area contributed by atoms with E-state index in [0.717, 1.165) is 18.4 Å². The van der Waals surface area contributed by atoms with Gasteiger partial charge < -0.3 is 14.4 Å². The van der Waals surface area contributed by atoms with Crippen molar-refractivity contribution in [1.29, 1.82) is 0 Å². The van der Waals surface area contributed by atoms with Gasteiger partial charge in [-0.05, 0) is 36.2 Å². The van der Waals surface area contributed by atoms with Crippen molar-refractivity contribution in [3.05, 3.63) is 65.2 Å². The lowest BCUT2D eigenvalue weighted by Gasteiger charge is -2.28. The van der Waals surface area contributed by atoms with Crippen molar-refractivity contribution in [3.63, 3.8) is 0 Å². The quantitative estimate of drug-likeness (QED) is 0.416. The van der Waals surface area contributed by atoms with Crippen LogP contribution in [0.5, 0.6) is 5.75 Å². The second kappa shape index (κ2) is 11.3. The molecular formula is C23H26ClNO4S. The van der Waals surface area contributed by atoms with Gasteiger partial charge in [-0.15, -0.1) is 11.8 Å². The van der Waals surface area contributed by atoms with Crippen molar-refractivity contribution in [2.75, 3.05) is 19.0 Å². The highest BCUT2D eigenvalue weighted by Gasteiger charge is 2.42. The van der Waals surface area contributed by atoms with Crippen LogP contribution >= 0.6 is 23.4 Å². The number of carbonyl (C=O) groups is 2. The van der Waals surface area contributed by atoms with Crippen molar-refractivity contribution >= 4 is 35.2 Å². The Morgan fingerprint density at radius 3 is 2.57 bits per heavy atom. The summed E-state index contributed by atoms with van der Waals surface area (Å²) in [5.41, 5.74) is 1.12. The number of carbonyl (C=O) groups excluding carboxylic acids is 2. The number of ether oxygens (including phenoxy) is 2. The highest BCUT2D eigenvalue weighted by molar-refractivity contribution is 8.00. The van der Waals surface area contributed by atoms with Gasteiger partial charge >= 0.3 is 5.97 Å². The smallest absolute Gasteiger partial charge is 0.329 e. The molecule has 1 amide bonds. The number of benzene rings is 2. The maximum atomic E-state index is 13.1. The third-order valence-electron chi connectivity index (χ3n) is 4.82. The van der Waals surface area contributed by atoms with Gasteiger partial charge in [-0.1, -0.05) is 55.3 Å². The summed E-state index contributed by atoms with van der Waals surface area (Å²) in [6, 6.07) is 16.2. The molecule has 2 atom stereocenters. The van der Waals surface area contributed by atoms with E-state index in [0.29, 0.717) is 29.6 Å². The van der Waals surface area contributed by atoms with E-state index in [-0.39, 0.29) is 23.9 Å². The van der Waals surface area contributed by atoms with Gasteiger partial charge in [-0.25, -0.2) is 4.79 Å². The van der Waals surface area contributed by atoms with Crippen molar-refractivity contribution in [3.8, 4) is 5.75 Å². The summed E-state index contributed by atoms with van der Waals surface area (Å²) >= 11 is 7.50. The molecular weight excluding hydrogens is 422 g/mol. The molecule has 0 bridgehead atoms. The first-order valence-electron chi connectivity index (χ1n) is 10.1. The highest BCUT2D eigenvalue weighted by atomic mass is 35.5. The summed E-state index contributed by atoms with van der Waals surface area (Å²) < 4.78 is 11.1. The molecule has 1 fully saturated rings. The van der Waals surface area contributed by atoms with Gasteiger partial charge in [-0.2, -0.15) is 0 Å². The van der Waals surface area contributed by atoms with Gasteiger partial charge in [0.05, 0.1) is 12.0 Å². The van der Waals surface area contributed by atoms with Crippen molar-refractivity contribution in [1.82, 2.24) is 4.90 Å². The maximum Gasteiger partial charge on any atom is 0.329 e. The van der Waals surface area contributed by atoms with Crippen LogP contribution < -0.4 is 4.74 Å². The normalized spacial score (nSPS) is 18.3. The molecule has 0 radical (unpaired) electrons. The van der Waals surface area contributed by atoms with E-state index < -0.39 is 6.04 Å². The molecule has 7 heteroatoms. The summed E-state index contributed by atoms with van der Waals surface area (Å²) in [6.07, 6.45) is 2.42. The first-order valence-corrected chi connectivity index (χ1v) is 11.5. The maximum absolute atomic E-state index is 13.1. The zero-order valence-electron chi connectivity index (χ0n) is 17.0. The number of thioether (sulfide) groups is 1. The van der Waals surface area contributed by atoms with Crippen LogP contribution in [-0.2, 0) is 20.7 Å². The molecule has 160 valence electrons. The Morgan fingerprint density at radius 2 is 1.87 bits per heavy atom. The van der Waals surface area contributed by atoms with Gasteiger partial charge in [0.15, 0.2) is 6.61 Å². The fraction of sp³-hybridized carbons (Fsp3) is 0.391. The van der Waals surface area contributed by atoms with Crippen LogP contribution in [0.25, 0.3) is 0 Å². The number of unbranched alkanes of at least 4 members (excludes halogenated alkanes) is 1. The number of esters is 1. The lowest BCUT2D eigenvalue weighted by atomic mass is 10.1. The molecule has 5 nitrogen and oxygen atoms in total. The average molecular weight is 448 g/mol. The minimum Gasteiger partial charge on any atom is -0.484 e. The van der Waals surface area contributed by atoms with Gasteiger partial charge in [0.2, 0.25) is 0 Å². The minimum absolute atomic E-state index is 0.141. The van der Waals surface area contributed by atoms with Gasteiger partial charge in [0.25, 0.3) is 5.91 Å². The fourth-order valence-corrected chi connectivity index (χ4v) is 4.78. The lowest BCUT2D eigenvalue weighted by molar-refractivity contribution is -0.154. The Balaban J connectivity index is 1.70. The van der Waals surface area contributed by atoms with E-state index in [1.165, 1.54) is 0 Å². The molecule has 3 rings (SSSR count). The molecule has 0 aliphatic carbocycles. The van der Waals surface area contributed by atoms with Crippen molar-refractivity contribution < 1.29 is 19.1 Å². The van der Waals surface area contributed by atoms with Crippen molar-refractivity contribution in [2.24, 2.45) is 0 Å². The monoisotopic (exact) mass is 447 g/mol. The van der Waals surface area contributed by atoms with Gasteiger partial charge in [0, 0.05) is 17.2 Å². The molecule has 1 saturated heterocycles. The SMILES string of the molecule is CCCCOC(=O)C1CSC(Cc2ccccc2)N1C(=O)COc1ccc(Cl)cc1. The first kappa shape index (κ1) is 22.5. The van der Waals surface area contributed by atoms with E-state index in [1.807, 2.05) is 37.3 Å². The second-order valence-electron chi connectivity index (χ2n) is 7.06. The number of hydrogen-bond donors (Lipinski definition) is 0. The minimum atomic E-state index is -0.595. The zero-order valence-corrected chi connectivity index (χ0v) is 18.5. The van der Waals surface area contributed by atoms with Crippen LogP contribution in [-0.4, -0.2) is 47.2 Å². The van der Waals surface area contributed by atoms with Crippen LogP contribution in [0.1, 0.15) is 25.3 Å². The predicted molar refractivity (Wildman–Crippen MR) is 120 cm³/mol. The molecule has 2 aromatic rings. The number of halogens is 1. The molecule has 30 heavy (non-hydrogen) atoms. The van der Waals surface area contributed by atoms with Crippen LogP contribution in [0.4, 0.5) is 0 Å². The third-order valence-corrected chi connectivity index (χ3v) is 6.36. The van der Waals surface area contributed by atoms with E-state index in [1.54, 1.807) is 40.9 Å². The summed E-state index contributed by atoms with van der Waals surface area (Å²) in [4.78, 5) is 27.4. The summed E-state index contributed by atoms with van der Waals surface area (Å²) in [7, 11) is 0.